The molecule has 2 aromatic carbocycles. The van der Waals surface area contributed by atoms with Crippen LogP contribution in [0.5, 0.6) is 23.0 Å². The van der Waals surface area contributed by atoms with Gasteiger partial charge in [-0.05, 0) is 24.3 Å². The van der Waals surface area contributed by atoms with Gasteiger partial charge in [0.15, 0.2) is 22.1 Å². The first-order valence-electron chi connectivity index (χ1n) is 6.90. The zero-order chi connectivity index (χ0) is 19.5. The van der Waals surface area contributed by atoms with E-state index < -0.39 is 32.8 Å². The SMILES string of the molecule is COc1ccc(NS(=O)(=O)c2c(O)cccc2OC(F)(F)F)cc1OC. The quantitative estimate of drug-likeness (QED) is 0.783. The van der Waals surface area contributed by atoms with Crippen molar-refractivity contribution in [3.05, 3.63) is 36.4 Å². The molecule has 0 aromatic heterocycles. The Hall–Kier alpha value is -2.82. The summed E-state index contributed by atoms with van der Waals surface area (Å²) in [6.07, 6.45) is -5.14. The van der Waals surface area contributed by atoms with Gasteiger partial charge < -0.3 is 19.3 Å². The number of anilines is 1. The Labute approximate surface area is 147 Å². The number of halogens is 3. The number of hydrogen-bond acceptors (Lipinski definition) is 6. The molecule has 0 saturated carbocycles. The standard InChI is InChI=1S/C15H14F3NO6S/c1-23-11-7-6-9(8-13(11)24-2)19-26(21,22)14-10(20)4-3-5-12(14)25-15(16,17)18/h3-8,19-20H,1-2H3. The first-order valence-corrected chi connectivity index (χ1v) is 8.38. The number of hydrogen-bond donors (Lipinski definition) is 2. The van der Waals surface area contributed by atoms with Crippen LogP contribution in [0.2, 0.25) is 0 Å². The number of nitrogens with one attached hydrogen (secondary N) is 1. The Morgan fingerprint density at radius 3 is 2.23 bits per heavy atom. The van der Waals surface area contributed by atoms with Gasteiger partial charge in [-0.2, -0.15) is 0 Å². The maximum absolute atomic E-state index is 12.5. The molecule has 0 saturated heterocycles. The van der Waals surface area contributed by atoms with Gasteiger partial charge in [0.2, 0.25) is 0 Å². The Bertz CT molecular complexity index is 899. The van der Waals surface area contributed by atoms with Crippen LogP contribution in [-0.2, 0) is 10.0 Å². The number of sulfonamides is 1. The van der Waals surface area contributed by atoms with E-state index in [-0.39, 0.29) is 11.4 Å². The second-order valence-electron chi connectivity index (χ2n) is 4.83. The smallest absolute Gasteiger partial charge is 0.506 e. The number of benzene rings is 2. The van der Waals surface area contributed by atoms with Crippen LogP contribution in [0.15, 0.2) is 41.3 Å². The highest BCUT2D eigenvalue weighted by Gasteiger charge is 2.35. The molecule has 0 atom stereocenters. The summed E-state index contributed by atoms with van der Waals surface area (Å²) < 4.78 is 78.3. The van der Waals surface area contributed by atoms with Gasteiger partial charge in [0.25, 0.3) is 10.0 Å². The lowest BCUT2D eigenvalue weighted by Crippen LogP contribution is -2.21. The van der Waals surface area contributed by atoms with Crippen LogP contribution in [0.25, 0.3) is 0 Å². The number of alkyl halides is 3. The van der Waals surface area contributed by atoms with Crippen molar-refractivity contribution in [1.82, 2.24) is 0 Å². The fraction of sp³-hybridized carbons (Fsp3) is 0.200. The lowest BCUT2D eigenvalue weighted by Gasteiger charge is -2.16. The first kappa shape index (κ1) is 19.5. The molecule has 2 aromatic rings. The third kappa shape index (κ3) is 4.42. The molecular formula is C15H14F3NO6S. The fourth-order valence-electron chi connectivity index (χ4n) is 2.09. The fourth-order valence-corrected chi connectivity index (χ4v) is 3.34. The van der Waals surface area contributed by atoms with Crippen LogP contribution in [0, 0.1) is 0 Å². The lowest BCUT2D eigenvalue weighted by molar-refractivity contribution is -0.275. The molecule has 0 aliphatic rings. The number of phenolic OH excluding ortho intramolecular Hbond substituents is 1. The molecule has 0 unspecified atom stereocenters. The molecule has 26 heavy (non-hydrogen) atoms. The van der Waals surface area contributed by atoms with E-state index in [1.807, 2.05) is 0 Å². The van der Waals surface area contributed by atoms with E-state index in [4.69, 9.17) is 9.47 Å². The topological polar surface area (TPSA) is 94.1 Å². The van der Waals surface area contributed by atoms with Crippen molar-refractivity contribution in [3.63, 3.8) is 0 Å². The predicted molar refractivity (Wildman–Crippen MR) is 85.1 cm³/mol. The molecule has 0 heterocycles. The largest absolute Gasteiger partial charge is 0.573 e. The zero-order valence-electron chi connectivity index (χ0n) is 13.5. The number of methoxy groups -OCH3 is 2. The van der Waals surface area contributed by atoms with Crippen molar-refractivity contribution >= 4 is 15.7 Å². The monoisotopic (exact) mass is 393 g/mol. The minimum atomic E-state index is -5.14. The summed E-state index contributed by atoms with van der Waals surface area (Å²) in [7, 11) is -1.91. The number of phenols is 1. The van der Waals surface area contributed by atoms with Crippen LogP contribution in [0.3, 0.4) is 0 Å². The molecule has 0 amide bonds. The maximum atomic E-state index is 12.5. The Morgan fingerprint density at radius 2 is 1.65 bits per heavy atom. The minimum Gasteiger partial charge on any atom is -0.506 e. The van der Waals surface area contributed by atoms with E-state index in [2.05, 4.69) is 9.46 Å². The second kappa shape index (κ2) is 7.20. The third-order valence-corrected chi connectivity index (χ3v) is 4.54. The number of ether oxygens (including phenoxy) is 3. The molecule has 7 nitrogen and oxygen atoms in total. The highest BCUT2D eigenvalue weighted by molar-refractivity contribution is 7.93. The third-order valence-electron chi connectivity index (χ3n) is 3.09. The van der Waals surface area contributed by atoms with Gasteiger partial charge in [-0.1, -0.05) is 6.07 Å². The van der Waals surface area contributed by atoms with Gasteiger partial charge in [-0.15, -0.1) is 13.2 Å². The van der Waals surface area contributed by atoms with Crippen LogP contribution >= 0.6 is 0 Å². The molecule has 142 valence electrons. The van der Waals surface area contributed by atoms with Crippen molar-refractivity contribution in [2.24, 2.45) is 0 Å². The van der Waals surface area contributed by atoms with Crippen LogP contribution in [0.1, 0.15) is 0 Å². The lowest BCUT2D eigenvalue weighted by atomic mass is 10.3. The summed E-state index contributed by atoms with van der Waals surface area (Å²) in [6.45, 7) is 0. The zero-order valence-corrected chi connectivity index (χ0v) is 14.3. The summed E-state index contributed by atoms with van der Waals surface area (Å²) in [5, 5.41) is 9.77. The summed E-state index contributed by atoms with van der Waals surface area (Å²) >= 11 is 0. The van der Waals surface area contributed by atoms with Crippen LogP contribution in [-0.4, -0.2) is 34.1 Å². The second-order valence-corrected chi connectivity index (χ2v) is 6.45. The van der Waals surface area contributed by atoms with Crippen molar-refractivity contribution < 1.29 is 40.9 Å². The Balaban J connectivity index is 2.46. The van der Waals surface area contributed by atoms with E-state index in [1.54, 1.807) is 0 Å². The average molecular weight is 393 g/mol. The van der Waals surface area contributed by atoms with E-state index in [0.29, 0.717) is 5.75 Å². The minimum absolute atomic E-state index is 0.0242. The van der Waals surface area contributed by atoms with Crippen molar-refractivity contribution in [2.75, 3.05) is 18.9 Å². The Kier molecular flexibility index (Phi) is 5.40. The molecule has 2 rings (SSSR count). The average Bonchev–Trinajstić information content (AvgIpc) is 2.52. The van der Waals surface area contributed by atoms with E-state index in [0.717, 1.165) is 18.2 Å². The van der Waals surface area contributed by atoms with E-state index in [9.17, 15) is 26.7 Å². The van der Waals surface area contributed by atoms with E-state index in [1.165, 1.54) is 32.4 Å². The van der Waals surface area contributed by atoms with Gasteiger partial charge in [0.1, 0.15) is 5.75 Å². The molecule has 11 heteroatoms. The molecule has 0 spiro atoms. The van der Waals surface area contributed by atoms with Gasteiger partial charge in [-0.3, -0.25) is 4.72 Å². The summed E-state index contributed by atoms with van der Waals surface area (Å²) in [6, 6.07) is 6.69. The van der Waals surface area contributed by atoms with Gasteiger partial charge in [-0.25, -0.2) is 8.42 Å². The van der Waals surface area contributed by atoms with Gasteiger partial charge in [0.05, 0.1) is 19.9 Å². The van der Waals surface area contributed by atoms with E-state index >= 15 is 0 Å². The van der Waals surface area contributed by atoms with Crippen molar-refractivity contribution in [1.29, 1.82) is 0 Å². The van der Waals surface area contributed by atoms with Gasteiger partial charge >= 0.3 is 6.36 Å². The Morgan fingerprint density at radius 1 is 1.00 bits per heavy atom. The summed E-state index contributed by atoms with van der Waals surface area (Å²) in [5.41, 5.74) is -0.0242. The first-order chi connectivity index (χ1) is 12.1. The summed E-state index contributed by atoms with van der Waals surface area (Å²) in [5.74, 6) is -1.46. The highest BCUT2D eigenvalue weighted by Crippen LogP contribution is 2.37. The molecule has 0 aliphatic carbocycles. The normalized spacial score (nSPS) is 11.7. The summed E-state index contributed by atoms with van der Waals surface area (Å²) in [4.78, 5) is -1.05. The van der Waals surface area contributed by atoms with Crippen LogP contribution in [0.4, 0.5) is 18.9 Å². The molecule has 0 radical (unpaired) electrons. The van der Waals surface area contributed by atoms with Crippen molar-refractivity contribution in [3.8, 4) is 23.0 Å². The van der Waals surface area contributed by atoms with Gasteiger partial charge in [0, 0.05) is 6.07 Å². The molecular weight excluding hydrogens is 379 g/mol. The molecule has 0 aliphatic heterocycles. The predicted octanol–water partition coefficient (Wildman–Crippen LogP) is 3.11. The van der Waals surface area contributed by atoms with Crippen molar-refractivity contribution in [2.45, 2.75) is 11.3 Å². The van der Waals surface area contributed by atoms with Crippen LogP contribution < -0.4 is 18.9 Å². The number of aromatic hydroxyl groups is 1. The molecule has 2 N–H and O–H groups in total. The molecule has 0 fully saturated rings. The maximum Gasteiger partial charge on any atom is 0.573 e. The highest BCUT2D eigenvalue weighted by atomic mass is 32.2. The number of rotatable bonds is 6. The molecule has 0 bridgehead atoms.